The third-order valence-corrected chi connectivity index (χ3v) is 5.92. The van der Waals surface area contributed by atoms with Gasteiger partial charge in [0.1, 0.15) is 0 Å². The summed E-state index contributed by atoms with van der Waals surface area (Å²) in [7, 11) is 0. The molecule has 1 atom stereocenters. The first-order chi connectivity index (χ1) is 9.11. The highest BCUT2D eigenvalue weighted by Gasteiger charge is 2.39. The molecule has 2 heterocycles. The van der Waals surface area contributed by atoms with E-state index in [-0.39, 0.29) is 5.60 Å². The molecule has 4 heteroatoms. The normalized spacial score (nSPS) is 27.6. The quantitative estimate of drug-likeness (QED) is 0.815. The summed E-state index contributed by atoms with van der Waals surface area (Å²) in [5, 5.41) is 14.0. The van der Waals surface area contributed by atoms with E-state index in [9.17, 15) is 5.11 Å². The molecular weight excluding hydrogens is 258 g/mol. The van der Waals surface area contributed by atoms with Crippen LogP contribution in [0.1, 0.15) is 52.4 Å². The maximum absolute atomic E-state index is 10.4. The molecular formula is C15H29NO2S. The predicted octanol–water partition coefficient (Wildman–Crippen LogP) is 2.57. The highest BCUT2D eigenvalue weighted by Crippen LogP contribution is 2.37. The standard InChI is InChI=1S/C15H29NO2S/c1-3-14(17,4-2)12-16-13-5-8-18-15(11-13)6-9-19-10-7-15/h13,16-17H,3-12H2,1-2H3. The fourth-order valence-electron chi connectivity index (χ4n) is 3.13. The third-order valence-electron chi connectivity index (χ3n) is 4.93. The fraction of sp³-hybridized carbons (Fsp3) is 1.00. The summed E-state index contributed by atoms with van der Waals surface area (Å²) >= 11 is 2.05. The van der Waals surface area contributed by atoms with Crippen LogP contribution in [0.25, 0.3) is 0 Å². The van der Waals surface area contributed by atoms with Gasteiger partial charge in [-0.1, -0.05) is 13.8 Å². The van der Waals surface area contributed by atoms with E-state index < -0.39 is 5.60 Å². The van der Waals surface area contributed by atoms with Crippen LogP contribution in [0.5, 0.6) is 0 Å². The smallest absolute Gasteiger partial charge is 0.0766 e. The van der Waals surface area contributed by atoms with Gasteiger partial charge in [0, 0.05) is 19.2 Å². The maximum Gasteiger partial charge on any atom is 0.0766 e. The Labute approximate surface area is 121 Å². The Morgan fingerprint density at radius 1 is 1.32 bits per heavy atom. The van der Waals surface area contributed by atoms with Crippen LogP contribution in [0.4, 0.5) is 0 Å². The van der Waals surface area contributed by atoms with Crippen LogP contribution in [0, 0.1) is 0 Å². The van der Waals surface area contributed by atoms with Crippen molar-refractivity contribution < 1.29 is 9.84 Å². The molecule has 1 unspecified atom stereocenters. The van der Waals surface area contributed by atoms with Crippen LogP contribution in [-0.2, 0) is 4.74 Å². The molecule has 0 aliphatic carbocycles. The van der Waals surface area contributed by atoms with E-state index in [2.05, 4.69) is 19.2 Å². The van der Waals surface area contributed by atoms with E-state index in [1.807, 2.05) is 11.8 Å². The zero-order valence-corrected chi connectivity index (χ0v) is 13.2. The van der Waals surface area contributed by atoms with Crippen molar-refractivity contribution in [1.82, 2.24) is 5.32 Å². The van der Waals surface area contributed by atoms with E-state index in [0.29, 0.717) is 6.04 Å². The van der Waals surface area contributed by atoms with Crippen molar-refractivity contribution in [3.63, 3.8) is 0 Å². The summed E-state index contributed by atoms with van der Waals surface area (Å²) in [5.74, 6) is 2.47. The number of thioether (sulfide) groups is 1. The van der Waals surface area contributed by atoms with Crippen LogP contribution in [-0.4, -0.2) is 47.0 Å². The SMILES string of the molecule is CCC(O)(CC)CNC1CCOC2(CCSCC2)C1. The predicted molar refractivity (Wildman–Crippen MR) is 81.8 cm³/mol. The summed E-state index contributed by atoms with van der Waals surface area (Å²) in [6, 6.07) is 0.515. The van der Waals surface area contributed by atoms with Gasteiger partial charge in [0.15, 0.2) is 0 Å². The van der Waals surface area contributed by atoms with Crippen LogP contribution < -0.4 is 5.32 Å². The maximum atomic E-state index is 10.4. The Balaban J connectivity index is 1.84. The second-order valence-electron chi connectivity index (χ2n) is 6.15. The molecule has 2 N–H and O–H groups in total. The summed E-state index contributed by atoms with van der Waals surface area (Å²) in [6.45, 7) is 5.72. The first-order valence-corrected chi connectivity index (χ1v) is 8.94. The lowest BCUT2D eigenvalue weighted by Gasteiger charge is -2.44. The van der Waals surface area contributed by atoms with Crippen molar-refractivity contribution in [3.05, 3.63) is 0 Å². The van der Waals surface area contributed by atoms with Crippen molar-refractivity contribution >= 4 is 11.8 Å². The van der Waals surface area contributed by atoms with Gasteiger partial charge in [0.2, 0.25) is 0 Å². The van der Waals surface area contributed by atoms with Crippen molar-refractivity contribution in [2.24, 2.45) is 0 Å². The molecule has 0 saturated carbocycles. The van der Waals surface area contributed by atoms with Gasteiger partial charge in [-0.2, -0.15) is 11.8 Å². The van der Waals surface area contributed by atoms with Gasteiger partial charge < -0.3 is 15.2 Å². The number of ether oxygens (including phenoxy) is 1. The molecule has 0 aromatic rings. The second-order valence-corrected chi connectivity index (χ2v) is 7.37. The first kappa shape index (κ1) is 15.6. The van der Waals surface area contributed by atoms with E-state index in [1.54, 1.807) is 0 Å². The molecule has 1 spiro atoms. The summed E-state index contributed by atoms with van der Waals surface area (Å²) in [6.07, 6.45) is 6.24. The van der Waals surface area contributed by atoms with E-state index >= 15 is 0 Å². The monoisotopic (exact) mass is 287 g/mol. The number of nitrogens with one attached hydrogen (secondary N) is 1. The second kappa shape index (κ2) is 6.79. The first-order valence-electron chi connectivity index (χ1n) is 7.79. The Bertz CT molecular complexity index is 270. The molecule has 2 fully saturated rings. The summed E-state index contributed by atoms with van der Waals surface area (Å²) in [5.41, 5.74) is -0.397. The number of hydrogen-bond acceptors (Lipinski definition) is 4. The topological polar surface area (TPSA) is 41.5 Å². The molecule has 3 nitrogen and oxygen atoms in total. The molecule has 2 saturated heterocycles. The number of aliphatic hydroxyl groups is 1. The van der Waals surface area contributed by atoms with E-state index in [0.717, 1.165) is 38.8 Å². The van der Waals surface area contributed by atoms with Gasteiger partial charge in [-0.3, -0.25) is 0 Å². The number of hydrogen-bond donors (Lipinski definition) is 2. The van der Waals surface area contributed by atoms with Gasteiger partial charge in [0.25, 0.3) is 0 Å². The number of rotatable bonds is 5. The minimum Gasteiger partial charge on any atom is -0.389 e. The van der Waals surface area contributed by atoms with E-state index in [4.69, 9.17) is 4.74 Å². The van der Waals surface area contributed by atoms with Gasteiger partial charge in [-0.15, -0.1) is 0 Å². The molecule has 2 aliphatic heterocycles. The lowest BCUT2D eigenvalue weighted by molar-refractivity contribution is -0.0955. The summed E-state index contributed by atoms with van der Waals surface area (Å²) < 4.78 is 6.11. The van der Waals surface area contributed by atoms with Gasteiger partial charge in [-0.25, -0.2) is 0 Å². The van der Waals surface area contributed by atoms with E-state index in [1.165, 1.54) is 24.3 Å². The van der Waals surface area contributed by atoms with Crippen LogP contribution >= 0.6 is 11.8 Å². The van der Waals surface area contributed by atoms with Crippen LogP contribution in [0.2, 0.25) is 0 Å². The molecule has 2 aliphatic rings. The van der Waals surface area contributed by atoms with Gasteiger partial charge >= 0.3 is 0 Å². The molecule has 2 rings (SSSR count). The Morgan fingerprint density at radius 3 is 2.63 bits per heavy atom. The van der Waals surface area contributed by atoms with Crippen LogP contribution in [0.15, 0.2) is 0 Å². The molecule has 19 heavy (non-hydrogen) atoms. The molecule has 0 bridgehead atoms. The van der Waals surface area contributed by atoms with Gasteiger partial charge in [-0.05, 0) is 50.0 Å². The average Bonchev–Trinajstić information content (AvgIpc) is 2.46. The highest BCUT2D eigenvalue weighted by atomic mass is 32.2. The lowest BCUT2D eigenvalue weighted by atomic mass is 9.85. The fourth-order valence-corrected chi connectivity index (χ4v) is 4.36. The minimum absolute atomic E-state index is 0.137. The van der Waals surface area contributed by atoms with Crippen LogP contribution in [0.3, 0.4) is 0 Å². The lowest BCUT2D eigenvalue weighted by Crippen LogP contribution is -2.52. The Kier molecular flexibility index (Phi) is 5.58. The minimum atomic E-state index is -0.534. The van der Waals surface area contributed by atoms with Gasteiger partial charge in [0.05, 0.1) is 11.2 Å². The molecule has 0 aromatic heterocycles. The largest absolute Gasteiger partial charge is 0.389 e. The molecule has 0 aromatic carbocycles. The molecule has 0 amide bonds. The highest BCUT2D eigenvalue weighted by molar-refractivity contribution is 7.99. The average molecular weight is 287 g/mol. The summed E-state index contributed by atoms with van der Waals surface area (Å²) in [4.78, 5) is 0. The van der Waals surface area contributed by atoms with Crippen molar-refractivity contribution in [2.45, 2.75) is 69.6 Å². The van der Waals surface area contributed by atoms with Crippen molar-refractivity contribution in [3.8, 4) is 0 Å². The van der Waals surface area contributed by atoms with Crippen molar-refractivity contribution in [1.29, 1.82) is 0 Å². The Hall–Kier alpha value is 0.230. The third kappa shape index (κ3) is 4.10. The Morgan fingerprint density at radius 2 is 2.00 bits per heavy atom. The van der Waals surface area contributed by atoms with Crippen molar-refractivity contribution in [2.75, 3.05) is 24.7 Å². The molecule has 0 radical (unpaired) electrons. The zero-order chi connectivity index (χ0) is 13.8. The molecule has 112 valence electrons. The zero-order valence-electron chi connectivity index (χ0n) is 12.4.